The fraction of sp³-hybridized carbons (Fsp3) is 0.250. The van der Waals surface area contributed by atoms with Crippen molar-refractivity contribution >= 4 is 16.8 Å². The predicted octanol–water partition coefficient (Wildman–Crippen LogP) is 7.02. The van der Waals surface area contributed by atoms with Gasteiger partial charge in [-0.3, -0.25) is 19.4 Å². The summed E-state index contributed by atoms with van der Waals surface area (Å²) in [6.45, 7) is -0.764. The molecule has 1 N–H and O–H groups in total. The number of nitrogens with zero attached hydrogens (tertiary/aromatic N) is 4. The molecule has 7 rings (SSSR count). The Morgan fingerprint density at radius 3 is 2.50 bits per heavy atom. The van der Waals surface area contributed by atoms with E-state index in [4.69, 9.17) is 0 Å². The fourth-order valence-corrected chi connectivity index (χ4v) is 6.31. The van der Waals surface area contributed by atoms with Crippen LogP contribution in [0.15, 0.2) is 73.1 Å². The molecule has 0 aliphatic heterocycles. The number of rotatable bonds is 8. The number of nitrogens with one attached hydrogen (secondary N) is 1. The number of alkyl halides is 4. The van der Waals surface area contributed by atoms with Gasteiger partial charge in [0.1, 0.15) is 29.6 Å². The molecule has 2 unspecified atom stereocenters. The second-order valence-electron chi connectivity index (χ2n) is 11.1. The van der Waals surface area contributed by atoms with Gasteiger partial charge in [-0.2, -0.15) is 13.9 Å². The molecule has 0 radical (unpaired) electrons. The zero-order valence-electron chi connectivity index (χ0n) is 22.8. The van der Waals surface area contributed by atoms with Gasteiger partial charge in [-0.05, 0) is 60.2 Å². The van der Waals surface area contributed by atoms with Gasteiger partial charge in [-0.1, -0.05) is 24.3 Å². The van der Waals surface area contributed by atoms with E-state index in [9.17, 15) is 22.4 Å². The number of hydrogen-bond acceptors (Lipinski definition) is 4. The van der Waals surface area contributed by atoms with E-state index in [-0.39, 0.29) is 24.0 Å². The third-order valence-corrected chi connectivity index (χ3v) is 8.24. The normalized spacial score (nSPS) is 18.7. The van der Waals surface area contributed by atoms with Gasteiger partial charge in [-0.15, -0.1) is 0 Å². The first kappa shape index (κ1) is 28.1. The number of carbonyl (C=O) groups is 1. The van der Waals surface area contributed by atoms with E-state index < -0.39 is 65.7 Å². The first-order chi connectivity index (χ1) is 21.1. The van der Waals surface area contributed by atoms with Crippen molar-refractivity contribution in [3.05, 3.63) is 113 Å². The summed E-state index contributed by atoms with van der Waals surface area (Å²) in [6, 6.07) is 14.7. The third-order valence-electron chi connectivity index (χ3n) is 8.24. The highest BCUT2D eigenvalue weighted by Gasteiger charge is 2.67. The van der Waals surface area contributed by atoms with Crippen LogP contribution in [0.2, 0.25) is 0 Å². The number of aromatic nitrogens is 4. The Balaban J connectivity index is 1.25. The lowest BCUT2D eigenvalue weighted by atomic mass is 9.95. The summed E-state index contributed by atoms with van der Waals surface area (Å²) in [4.78, 5) is 22.3. The van der Waals surface area contributed by atoms with Crippen LogP contribution in [0.3, 0.4) is 0 Å². The molecule has 1 amide bonds. The highest BCUT2D eigenvalue weighted by Crippen LogP contribution is 2.68. The lowest BCUT2D eigenvalue weighted by Gasteiger charge is -2.22. The highest BCUT2D eigenvalue weighted by molar-refractivity contribution is 5.85. The number of hydrogen-bond donors (Lipinski definition) is 1. The summed E-state index contributed by atoms with van der Waals surface area (Å²) in [5, 5.41) is 7.36. The first-order valence-electron chi connectivity index (χ1n) is 13.9. The first-order valence-corrected chi connectivity index (χ1v) is 13.9. The van der Waals surface area contributed by atoms with E-state index in [1.165, 1.54) is 6.20 Å². The van der Waals surface area contributed by atoms with Gasteiger partial charge in [0, 0.05) is 40.9 Å². The van der Waals surface area contributed by atoms with Crippen LogP contribution in [-0.4, -0.2) is 25.7 Å². The van der Waals surface area contributed by atoms with Gasteiger partial charge in [0.25, 0.3) is 12.3 Å². The smallest absolute Gasteiger partial charge is 0.293 e. The monoisotopic (exact) mass is 607 g/mol. The molecule has 2 aliphatic carbocycles. The maximum atomic E-state index is 15.1. The van der Waals surface area contributed by atoms with E-state index >= 15 is 8.78 Å². The average Bonchev–Trinajstić information content (AvgIpc) is 3.64. The van der Waals surface area contributed by atoms with Crippen molar-refractivity contribution in [3.63, 3.8) is 0 Å². The second-order valence-corrected chi connectivity index (χ2v) is 11.1. The van der Waals surface area contributed by atoms with Crippen LogP contribution < -0.4 is 5.32 Å². The van der Waals surface area contributed by atoms with Crippen LogP contribution in [0.5, 0.6) is 0 Å². The fourth-order valence-electron chi connectivity index (χ4n) is 6.31. The van der Waals surface area contributed by atoms with E-state index in [1.54, 1.807) is 24.4 Å². The van der Waals surface area contributed by atoms with Crippen molar-refractivity contribution in [3.8, 4) is 11.1 Å². The minimum atomic E-state index is -3.39. The maximum absolute atomic E-state index is 15.1. The standard InChI is InChI=1S/C32H23F6N5O/c33-19-9-16(10-20(34)13-19)11-25(28-21(4-2-8-40-28)18-6-5-17-3-1-7-39-24(17)12-18)41-26(44)15-43-30-27(29(42-43)31(35)36)22-14-23(22)32(30,37)38/h1-10,12-13,22-23,25,31H,11,14-15H2,(H,41,44)/t22?,23?,25-/m0/s1. The van der Waals surface area contributed by atoms with E-state index in [0.717, 1.165) is 23.6 Å². The summed E-state index contributed by atoms with van der Waals surface area (Å²) in [6.07, 6.45) is 0.0421. The molecule has 1 fully saturated rings. The molecule has 0 bridgehead atoms. The van der Waals surface area contributed by atoms with Gasteiger partial charge < -0.3 is 5.32 Å². The highest BCUT2D eigenvalue weighted by atomic mass is 19.3. The molecule has 5 aromatic rings. The summed E-state index contributed by atoms with van der Waals surface area (Å²) in [5.41, 5.74) is 0.974. The second kappa shape index (κ2) is 10.5. The van der Waals surface area contributed by atoms with Crippen LogP contribution in [-0.2, 0) is 23.7 Å². The van der Waals surface area contributed by atoms with E-state index in [1.807, 2.05) is 24.3 Å². The number of pyridine rings is 2. The molecule has 2 aliphatic rings. The van der Waals surface area contributed by atoms with Crippen LogP contribution >= 0.6 is 0 Å². The van der Waals surface area contributed by atoms with E-state index in [0.29, 0.717) is 27.0 Å². The number of halogens is 6. The Hall–Kier alpha value is -4.74. The van der Waals surface area contributed by atoms with E-state index in [2.05, 4.69) is 20.4 Å². The van der Waals surface area contributed by atoms with Gasteiger partial charge in [0.2, 0.25) is 5.91 Å². The van der Waals surface area contributed by atoms with Crippen molar-refractivity contribution in [2.75, 3.05) is 0 Å². The molecule has 3 heterocycles. The Morgan fingerprint density at radius 1 is 0.977 bits per heavy atom. The summed E-state index contributed by atoms with van der Waals surface area (Å²) < 4.78 is 86.6. The van der Waals surface area contributed by atoms with Crippen molar-refractivity contribution in [2.24, 2.45) is 5.92 Å². The van der Waals surface area contributed by atoms with Crippen LogP contribution in [0.25, 0.3) is 22.0 Å². The molecular formula is C32H23F6N5O. The minimum Gasteiger partial charge on any atom is -0.346 e. The number of carbonyl (C=O) groups excluding carboxylic acids is 1. The van der Waals surface area contributed by atoms with Gasteiger partial charge in [0.05, 0.1) is 17.3 Å². The summed E-state index contributed by atoms with van der Waals surface area (Å²) in [5.74, 6) is -7.63. The van der Waals surface area contributed by atoms with Crippen molar-refractivity contribution in [1.29, 1.82) is 0 Å². The zero-order chi connectivity index (χ0) is 30.7. The van der Waals surface area contributed by atoms with Crippen LogP contribution in [0.4, 0.5) is 26.3 Å². The SMILES string of the molecule is O=C(Cn1nc(C(F)F)c2c1C(F)(F)C1CC21)N[C@@H](Cc1cc(F)cc(F)c1)c1ncccc1-c1ccc2cccnc2c1. The molecule has 1 saturated carbocycles. The Bertz CT molecular complexity index is 1900. The molecule has 3 atom stereocenters. The Morgan fingerprint density at radius 2 is 1.73 bits per heavy atom. The number of benzene rings is 2. The molecule has 12 heteroatoms. The molecule has 3 aromatic heterocycles. The number of amides is 1. The predicted molar refractivity (Wildman–Crippen MR) is 148 cm³/mol. The van der Waals surface area contributed by atoms with Gasteiger partial charge in [-0.25, -0.2) is 17.6 Å². The minimum absolute atomic E-state index is 0.0939. The topological polar surface area (TPSA) is 72.7 Å². The molecule has 6 nitrogen and oxygen atoms in total. The van der Waals surface area contributed by atoms with Crippen LogP contribution in [0.1, 0.15) is 53.0 Å². The quantitative estimate of drug-likeness (QED) is 0.193. The Labute approximate surface area is 246 Å². The molecule has 0 spiro atoms. The lowest BCUT2D eigenvalue weighted by Crippen LogP contribution is -2.35. The van der Waals surface area contributed by atoms with Gasteiger partial charge >= 0.3 is 0 Å². The third kappa shape index (κ3) is 4.87. The van der Waals surface area contributed by atoms with Crippen molar-refractivity contribution in [1.82, 2.24) is 25.1 Å². The Kier molecular flexibility index (Phi) is 6.67. The van der Waals surface area contributed by atoms with Crippen LogP contribution in [0, 0.1) is 17.6 Å². The summed E-state index contributed by atoms with van der Waals surface area (Å²) in [7, 11) is 0. The summed E-state index contributed by atoms with van der Waals surface area (Å²) >= 11 is 0. The lowest BCUT2D eigenvalue weighted by molar-refractivity contribution is -0.123. The average molecular weight is 608 g/mol. The van der Waals surface area contributed by atoms with Crippen molar-refractivity contribution in [2.45, 2.75) is 43.7 Å². The van der Waals surface area contributed by atoms with Gasteiger partial charge in [0.15, 0.2) is 0 Å². The molecular weight excluding hydrogens is 584 g/mol. The largest absolute Gasteiger partial charge is 0.346 e. The zero-order valence-corrected chi connectivity index (χ0v) is 22.8. The molecule has 2 aromatic carbocycles. The maximum Gasteiger partial charge on any atom is 0.293 e. The molecule has 44 heavy (non-hydrogen) atoms. The molecule has 224 valence electrons. The van der Waals surface area contributed by atoms with Crippen molar-refractivity contribution < 1.29 is 31.1 Å². The molecule has 0 saturated heterocycles. The number of fused-ring (bicyclic) bond motifs is 4.